The van der Waals surface area contributed by atoms with Crippen molar-refractivity contribution in [2.24, 2.45) is 5.73 Å². The third-order valence-electron chi connectivity index (χ3n) is 5.21. The van der Waals surface area contributed by atoms with Gasteiger partial charge in [-0.15, -0.1) is 0 Å². The van der Waals surface area contributed by atoms with Crippen molar-refractivity contribution in [3.8, 4) is 0 Å². The van der Waals surface area contributed by atoms with E-state index in [2.05, 4.69) is 19.1 Å². The lowest BCUT2D eigenvalue weighted by Crippen LogP contribution is -2.31. The van der Waals surface area contributed by atoms with Gasteiger partial charge in [0.2, 0.25) is 5.91 Å². The first-order valence-corrected chi connectivity index (χ1v) is 8.47. The van der Waals surface area contributed by atoms with E-state index in [0.29, 0.717) is 13.2 Å². The minimum atomic E-state index is -0.632. The Labute approximate surface area is 141 Å². The van der Waals surface area contributed by atoms with Crippen LogP contribution in [0.3, 0.4) is 0 Å². The van der Waals surface area contributed by atoms with Crippen LogP contribution < -0.4 is 5.73 Å². The number of aryl methyl sites for hydroxylation is 1. The van der Waals surface area contributed by atoms with Crippen molar-refractivity contribution < 1.29 is 9.53 Å². The standard InChI is InChI=1S/C18H22N4O2/c1-12-4-2-3-5-13(12)10-22-17(18(7-8-18)16(19)23)20-15(21-22)14-6-9-24-11-14/h2-5,14H,6-11H2,1H3,(H2,19,23)/t14-/m0/s1. The number of carbonyl (C=O) groups excluding carboxylic acids is 1. The summed E-state index contributed by atoms with van der Waals surface area (Å²) in [5.41, 5.74) is 7.42. The van der Waals surface area contributed by atoms with Gasteiger partial charge in [-0.3, -0.25) is 4.79 Å². The summed E-state index contributed by atoms with van der Waals surface area (Å²) in [6, 6.07) is 8.21. The summed E-state index contributed by atoms with van der Waals surface area (Å²) in [6.45, 7) is 4.08. The molecule has 0 radical (unpaired) electrons. The topological polar surface area (TPSA) is 83.0 Å². The number of nitrogens with two attached hydrogens (primary N) is 1. The summed E-state index contributed by atoms with van der Waals surface area (Å²) in [5, 5.41) is 4.74. The van der Waals surface area contributed by atoms with Gasteiger partial charge in [-0.2, -0.15) is 5.10 Å². The molecule has 6 heteroatoms. The zero-order valence-electron chi connectivity index (χ0n) is 13.9. The SMILES string of the molecule is Cc1ccccc1Cn1nc([C@H]2CCOC2)nc1C1(C(N)=O)CC1. The van der Waals surface area contributed by atoms with Crippen LogP contribution in [0.15, 0.2) is 24.3 Å². The molecule has 1 aromatic heterocycles. The number of hydrogen-bond donors (Lipinski definition) is 1. The number of aromatic nitrogens is 3. The number of hydrogen-bond acceptors (Lipinski definition) is 4. The average Bonchev–Trinajstić information content (AvgIpc) is 3.01. The molecule has 2 fully saturated rings. The predicted molar refractivity (Wildman–Crippen MR) is 88.6 cm³/mol. The number of rotatable bonds is 5. The Bertz CT molecular complexity index is 773. The second-order valence-corrected chi connectivity index (χ2v) is 6.88. The fourth-order valence-corrected chi connectivity index (χ4v) is 3.39. The van der Waals surface area contributed by atoms with E-state index >= 15 is 0 Å². The third-order valence-corrected chi connectivity index (χ3v) is 5.21. The molecule has 126 valence electrons. The fraction of sp³-hybridized carbons (Fsp3) is 0.500. The Morgan fingerprint density at radius 2 is 2.21 bits per heavy atom. The molecular formula is C18H22N4O2. The molecule has 2 aliphatic rings. The Morgan fingerprint density at radius 1 is 1.42 bits per heavy atom. The van der Waals surface area contributed by atoms with Crippen molar-refractivity contribution in [3.05, 3.63) is 47.0 Å². The highest BCUT2D eigenvalue weighted by molar-refractivity contribution is 5.88. The third kappa shape index (κ3) is 2.51. The van der Waals surface area contributed by atoms with Gasteiger partial charge in [0, 0.05) is 12.5 Å². The van der Waals surface area contributed by atoms with Crippen LogP contribution in [0.4, 0.5) is 0 Å². The van der Waals surface area contributed by atoms with Gasteiger partial charge in [-0.05, 0) is 37.3 Å². The van der Waals surface area contributed by atoms with Crippen LogP contribution in [0.2, 0.25) is 0 Å². The van der Waals surface area contributed by atoms with Crippen LogP contribution >= 0.6 is 0 Å². The Hall–Kier alpha value is -2.21. The molecule has 4 rings (SSSR count). The minimum absolute atomic E-state index is 0.213. The first kappa shape index (κ1) is 15.3. The maximum Gasteiger partial charge on any atom is 0.231 e. The molecule has 1 aromatic carbocycles. The van der Waals surface area contributed by atoms with Crippen LogP contribution in [-0.4, -0.2) is 33.9 Å². The number of primary amides is 1. The van der Waals surface area contributed by atoms with E-state index in [4.69, 9.17) is 20.6 Å². The van der Waals surface area contributed by atoms with Gasteiger partial charge < -0.3 is 10.5 Å². The smallest absolute Gasteiger partial charge is 0.231 e. The van der Waals surface area contributed by atoms with E-state index in [1.54, 1.807) is 0 Å². The number of nitrogens with zero attached hydrogens (tertiary/aromatic N) is 3. The van der Waals surface area contributed by atoms with Crippen LogP contribution in [0.1, 0.15) is 48.0 Å². The van der Waals surface area contributed by atoms with Crippen LogP contribution in [-0.2, 0) is 21.5 Å². The Balaban J connectivity index is 1.73. The monoisotopic (exact) mass is 326 g/mol. The molecular weight excluding hydrogens is 304 g/mol. The van der Waals surface area contributed by atoms with Gasteiger partial charge in [0.05, 0.1) is 13.2 Å². The largest absolute Gasteiger partial charge is 0.381 e. The van der Waals surface area contributed by atoms with Gasteiger partial charge in [-0.1, -0.05) is 24.3 Å². The second-order valence-electron chi connectivity index (χ2n) is 6.88. The van der Waals surface area contributed by atoms with E-state index in [1.807, 2.05) is 16.8 Å². The summed E-state index contributed by atoms with van der Waals surface area (Å²) in [4.78, 5) is 16.7. The lowest BCUT2D eigenvalue weighted by atomic mass is 10.0. The first-order valence-electron chi connectivity index (χ1n) is 8.47. The van der Waals surface area contributed by atoms with Gasteiger partial charge in [0.25, 0.3) is 0 Å². The zero-order chi connectivity index (χ0) is 16.7. The summed E-state index contributed by atoms with van der Waals surface area (Å²) in [5.74, 6) is 1.42. The Morgan fingerprint density at radius 3 is 2.83 bits per heavy atom. The van der Waals surface area contributed by atoms with Gasteiger partial charge in [0.1, 0.15) is 11.2 Å². The average molecular weight is 326 g/mol. The Kier molecular flexibility index (Phi) is 3.64. The van der Waals surface area contributed by atoms with E-state index in [9.17, 15) is 4.79 Å². The van der Waals surface area contributed by atoms with Crippen molar-refractivity contribution in [1.29, 1.82) is 0 Å². The number of benzene rings is 1. The zero-order valence-corrected chi connectivity index (χ0v) is 13.9. The van der Waals surface area contributed by atoms with Gasteiger partial charge >= 0.3 is 0 Å². The molecule has 0 unspecified atom stereocenters. The molecule has 2 N–H and O–H groups in total. The van der Waals surface area contributed by atoms with Crippen molar-refractivity contribution in [3.63, 3.8) is 0 Å². The van der Waals surface area contributed by atoms with E-state index in [1.165, 1.54) is 11.1 Å². The second kappa shape index (κ2) is 5.70. The molecule has 6 nitrogen and oxygen atoms in total. The van der Waals surface area contributed by atoms with E-state index in [0.717, 1.165) is 37.5 Å². The highest BCUT2D eigenvalue weighted by Gasteiger charge is 2.54. The maximum absolute atomic E-state index is 12.0. The number of amides is 1. The predicted octanol–water partition coefficient (Wildman–Crippen LogP) is 1.66. The van der Waals surface area contributed by atoms with Crippen molar-refractivity contribution in [2.45, 2.75) is 44.1 Å². The molecule has 0 spiro atoms. The first-order chi connectivity index (χ1) is 11.6. The molecule has 1 atom stereocenters. The quantitative estimate of drug-likeness (QED) is 0.906. The molecule has 1 saturated heterocycles. The van der Waals surface area contributed by atoms with E-state index < -0.39 is 5.41 Å². The summed E-state index contributed by atoms with van der Waals surface area (Å²) in [7, 11) is 0. The summed E-state index contributed by atoms with van der Waals surface area (Å²) < 4.78 is 7.35. The molecule has 1 amide bonds. The highest BCUT2D eigenvalue weighted by atomic mass is 16.5. The molecule has 0 bridgehead atoms. The normalized spacial score (nSPS) is 21.8. The van der Waals surface area contributed by atoms with Crippen LogP contribution in [0.25, 0.3) is 0 Å². The van der Waals surface area contributed by atoms with Crippen LogP contribution in [0.5, 0.6) is 0 Å². The van der Waals surface area contributed by atoms with Crippen molar-refractivity contribution in [2.75, 3.05) is 13.2 Å². The molecule has 1 aliphatic carbocycles. The molecule has 2 heterocycles. The van der Waals surface area contributed by atoms with Crippen molar-refractivity contribution in [1.82, 2.24) is 14.8 Å². The molecule has 24 heavy (non-hydrogen) atoms. The summed E-state index contributed by atoms with van der Waals surface area (Å²) >= 11 is 0. The summed E-state index contributed by atoms with van der Waals surface area (Å²) in [6.07, 6.45) is 2.45. The number of carbonyl (C=O) groups is 1. The minimum Gasteiger partial charge on any atom is -0.381 e. The lowest BCUT2D eigenvalue weighted by Gasteiger charge is -2.13. The lowest BCUT2D eigenvalue weighted by molar-refractivity contribution is -0.120. The van der Waals surface area contributed by atoms with Gasteiger partial charge in [0.15, 0.2) is 5.82 Å². The maximum atomic E-state index is 12.0. The molecule has 2 aromatic rings. The van der Waals surface area contributed by atoms with Crippen LogP contribution in [0, 0.1) is 6.92 Å². The van der Waals surface area contributed by atoms with Gasteiger partial charge in [-0.25, -0.2) is 9.67 Å². The molecule has 1 aliphatic heterocycles. The molecule has 1 saturated carbocycles. The highest BCUT2D eigenvalue weighted by Crippen LogP contribution is 2.47. The van der Waals surface area contributed by atoms with E-state index in [-0.39, 0.29) is 11.8 Å². The number of ether oxygens (including phenoxy) is 1. The van der Waals surface area contributed by atoms with Crippen molar-refractivity contribution >= 4 is 5.91 Å². The fourth-order valence-electron chi connectivity index (χ4n) is 3.39.